The molecule has 2 N–H and O–H groups in total. The highest BCUT2D eigenvalue weighted by molar-refractivity contribution is 6.42. The van der Waals surface area contributed by atoms with Crippen molar-refractivity contribution in [1.82, 2.24) is 10.3 Å². The summed E-state index contributed by atoms with van der Waals surface area (Å²) in [6, 6.07) is 8.31. The fraction of sp³-hybridized carbons (Fsp3) is 0.423. The number of nitrogens with zero attached hydrogens (tertiary/aromatic N) is 1. The number of fused-ring (bicyclic) bond motifs is 1. The summed E-state index contributed by atoms with van der Waals surface area (Å²) in [5, 5.41) is 2.68. The Kier molecular flexibility index (Phi) is 6.81. The van der Waals surface area contributed by atoms with Crippen LogP contribution in [0.1, 0.15) is 63.6 Å². The number of rotatable bonds is 5. The minimum Gasteiger partial charge on any atom is -0.444 e. The number of amides is 3. The zero-order valence-corrected chi connectivity index (χ0v) is 20.4. The van der Waals surface area contributed by atoms with E-state index in [1.807, 2.05) is 45.9 Å². The number of hydrogen-bond donors (Lipinski definition) is 2. The number of imide groups is 1. The highest BCUT2D eigenvalue weighted by atomic mass is 16.6. The summed E-state index contributed by atoms with van der Waals surface area (Å²) in [5.41, 5.74) is 3.76. The van der Waals surface area contributed by atoms with Gasteiger partial charge in [-0.15, -0.1) is 0 Å². The molecule has 3 rings (SSSR count). The van der Waals surface area contributed by atoms with Crippen molar-refractivity contribution < 1.29 is 19.1 Å². The van der Waals surface area contributed by atoms with Gasteiger partial charge in [-0.1, -0.05) is 32.0 Å². The van der Waals surface area contributed by atoms with Crippen molar-refractivity contribution in [1.29, 1.82) is 0 Å². The fourth-order valence-electron chi connectivity index (χ4n) is 3.94. The molecule has 0 saturated heterocycles. The van der Waals surface area contributed by atoms with E-state index in [9.17, 15) is 14.4 Å². The van der Waals surface area contributed by atoms with Gasteiger partial charge in [0.2, 0.25) is 0 Å². The number of H-pyrrole nitrogens is 1. The molecule has 0 aliphatic carbocycles. The molecule has 1 aromatic heterocycles. The van der Waals surface area contributed by atoms with Crippen LogP contribution in [0.5, 0.6) is 0 Å². The van der Waals surface area contributed by atoms with Gasteiger partial charge < -0.3 is 15.0 Å². The molecule has 176 valence electrons. The van der Waals surface area contributed by atoms with Crippen LogP contribution < -0.4 is 10.2 Å². The van der Waals surface area contributed by atoms with Gasteiger partial charge in [0.05, 0.1) is 11.3 Å². The lowest BCUT2D eigenvalue weighted by atomic mass is 10.0. The second-order valence-corrected chi connectivity index (χ2v) is 9.93. The Morgan fingerprint density at radius 1 is 1.18 bits per heavy atom. The standard InChI is InChI=1S/C26H33N3O4/c1-15(2)12-21(28-25(32)33-26(5,6)7)24(31)29-22-11-9-8-10-18(22)19(23(29)30)14-20-16(3)13-17(4)27-20/h8-11,13-15,21,27H,12H2,1-7H3,(H,28,32)/b19-14-. The predicted octanol–water partition coefficient (Wildman–Crippen LogP) is 4.98. The molecule has 1 atom stereocenters. The molecule has 1 aliphatic heterocycles. The van der Waals surface area contributed by atoms with Crippen molar-refractivity contribution >= 4 is 35.2 Å². The summed E-state index contributed by atoms with van der Waals surface area (Å²) in [4.78, 5) is 44.0. The minimum atomic E-state index is -0.898. The summed E-state index contributed by atoms with van der Waals surface area (Å²) in [7, 11) is 0. The topological polar surface area (TPSA) is 91.5 Å². The van der Waals surface area contributed by atoms with Crippen molar-refractivity contribution in [3.05, 3.63) is 52.8 Å². The molecule has 1 aliphatic rings. The van der Waals surface area contributed by atoms with Crippen LogP contribution in [0.2, 0.25) is 0 Å². The van der Waals surface area contributed by atoms with Crippen molar-refractivity contribution in [3.63, 3.8) is 0 Å². The van der Waals surface area contributed by atoms with E-state index in [0.29, 0.717) is 23.2 Å². The van der Waals surface area contributed by atoms with E-state index in [-0.39, 0.29) is 5.92 Å². The first-order valence-electron chi connectivity index (χ1n) is 11.2. The smallest absolute Gasteiger partial charge is 0.408 e. The molecule has 0 radical (unpaired) electrons. The molecule has 0 bridgehead atoms. The SMILES string of the molecule is Cc1cc(C)c(/C=C2\C(=O)N(C(=O)C(CC(C)C)NC(=O)OC(C)(C)C)c3ccccc32)[nH]1. The number of aromatic amines is 1. The minimum absolute atomic E-state index is 0.112. The zero-order chi connectivity index (χ0) is 24.5. The molecule has 7 nitrogen and oxygen atoms in total. The quantitative estimate of drug-likeness (QED) is 0.627. The van der Waals surface area contributed by atoms with E-state index >= 15 is 0 Å². The largest absolute Gasteiger partial charge is 0.444 e. The summed E-state index contributed by atoms with van der Waals surface area (Å²) in [6.45, 7) is 13.1. The summed E-state index contributed by atoms with van der Waals surface area (Å²) in [5.74, 6) is -0.774. The number of para-hydroxylation sites is 1. The van der Waals surface area contributed by atoms with Gasteiger partial charge in [-0.05, 0) is 70.7 Å². The van der Waals surface area contributed by atoms with Gasteiger partial charge in [0, 0.05) is 17.0 Å². The van der Waals surface area contributed by atoms with Gasteiger partial charge in [0.15, 0.2) is 0 Å². The molecule has 2 heterocycles. The number of nitrogens with one attached hydrogen (secondary N) is 2. The van der Waals surface area contributed by atoms with Gasteiger partial charge in [-0.3, -0.25) is 9.59 Å². The molecule has 7 heteroatoms. The van der Waals surface area contributed by atoms with Gasteiger partial charge in [-0.2, -0.15) is 0 Å². The second-order valence-electron chi connectivity index (χ2n) is 9.93. The Bertz CT molecular complexity index is 1100. The third kappa shape index (κ3) is 5.53. The number of benzene rings is 1. The zero-order valence-electron chi connectivity index (χ0n) is 20.4. The van der Waals surface area contributed by atoms with Crippen molar-refractivity contribution in [2.45, 2.75) is 66.5 Å². The summed E-state index contributed by atoms with van der Waals surface area (Å²) in [6.07, 6.45) is 1.47. The van der Waals surface area contributed by atoms with Crippen molar-refractivity contribution in [3.8, 4) is 0 Å². The first kappa shape index (κ1) is 24.3. The van der Waals surface area contributed by atoms with Gasteiger partial charge in [0.1, 0.15) is 11.6 Å². The maximum Gasteiger partial charge on any atom is 0.408 e. The molecule has 0 saturated carbocycles. The van der Waals surface area contributed by atoms with Crippen LogP contribution in [0, 0.1) is 19.8 Å². The van der Waals surface area contributed by atoms with Crippen LogP contribution in [-0.4, -0.2) is 34.5 Å². The van der Waals surface area contributed by atoms with Crippen LogP contribution in [0.25, 0.3) is 11.6 Å². The van der Waals surface area contributed by atoms with E-state index in [1.165, 1.54) is 4.90 Å². The molecule has 0 fully saturated rings. The van der Waals surface area contributed by atoms with E-state index in [4.69, 9.17) is 4.74 Å². The molecule has 33 heavy (non-hydrogen) atoms. The average Bonchev–Trinajstić information content (AvgIpc) is 3.15. The first-order valence-corrected chi connectivity index (χ1v) is 11.2. The van der Waals surface area contributed by atoms with Crippen LogP contribution in [-0.2, 0) is 14.3 Å². The molecular weight excluding hydrogens is 418 g/mol. The third-order valence-corrected chi connectivity index (χ3v) is 5.26. The molecule has 1 aromatic carbocycles. The number of carbonyl (C=O) groups is 3. The van der Waals surface area contributed by atoms with Gasteiger partial charge in [-0.25, -0.2) is 9.69 Å². The highest BCUT2D eigenvalue weighted by Gasteiger charge is 2.40. The van der Waals surface area contributed by atoms with Gasteiger partial charge >= 0.3 is 6.09 Å². The summed E-state index contributed by atoms with van der Waals surface area (Å²) >= 11 is 0. The molecule has 3 amide bonds. The fourth-order valence-corrected chi connectivity index (χ4v) is 3.94. The molecule has 1 unspecified atom stereocenters. The van der Waals surface area contributed by atoms with Crippen LogP contribution >= 0.6 is 0 Å². The molecular formula is C26H33N3O4. The molecule has 0 spiro atoms. The van der Waals surface area contributed by atoms with Crippen molar-refractivity contribution in [2.24, 2.45) is 5.92 Å². The third-order valence-electron chi connectivity index (χ3n) is 5.26. The normalized spacial score (nSPS) is 15.7. The maximum absolute atomic E-state index is 13.6. The van der Waals surface area contributed by atoms with Crippen LogP contribution in [0.3, 0.4) is 0 Å². The Morgan fingerprint density at radius 3 is 2.42 bits per heavy atom. The first-order chi connectivity index (χ1) is 15.4. The lowest BCUT2D eigenvalue weighted by molar-refractivity contribution is -0.125. The maximum atomic E-state index is 13.6. The predicted molar refractivity (Wildman–Crippen MR) is 130 cm³/mol. The summed E-state index contributed by atoms with van der Waals surface area (Å²) < 4.78 is 5.35. The van der Waals surface area contributed by atoms with E-state index < -0.39 is 29.6 Å². The number of aromatic nitrogens is 1. The van der Waals surface area contributed by atoms with Crippen LogP contribution in [0.4, 0.5) is 10.5 Å². The lowest BCUT2D eigenvalue weighted by Gasteiger charge is -2.26. The number of aryl methyl sites for hydroxylation is 2. The number of ether oxygens (including phenoxy) is 1. The lowest BCUT2D eigenvalue weighted by Crippen LogP contribution is -2.51. The average molecular weight is 452 g/mol. The van der Waals surface area contributed by atoms with E-state index in [1.54, 1.807) is 39.0 Å². The number of alkyl carbamates (subject to hydrolysis) is 1. The number of hydrogen-bond acceptors (Lipinski definition) is 4. The Labute approximate surface area is 195 Å². The van der Waals surface area contributed by atoms with E-state index in [2.05, 4.69) is 10.3 Å². The monoisotopic (exact) mass is 451 g/mol. The Balaban J connectivity index is 1.97. The Hall–Kier alpha value is -3.35. The second kappa shape index (κ2) is 9.25. The molecule has 2 aromatic rings. The van der Waals surface area contributed by atoms with Crippen LogP contribution in [0.15, 0.2) is 30.3 Å². The van der Waals surface area contributed by atoms with E-state index in [0.717, 1.165) is 17.0 Å². The number of carbonyl (C=O) groups excluding carboxylic acids is 3. The Morgan fingerprint density at radius 2 is 1.85 bits per heavy atom. The van der Waals surface area contributed by atoms with Crippen molar-refractivity contribution in [2.75, 3.05) is 4.90 Å². The van der Waals surface area contributed by atoms with Gasteiger partial charge in [0.25, 0.3) is 11.8 Å². The highest BCUT2D eigenvalue weighted by Crippen LogP contribution is 2.38. The number of anilines is 1.